The highest BCUT2D eigenvalue weighted by atomic mass is 79.9. The first kappa shape index (κ1) is 25.2. The Kier molecular flexibility index (Phi) is 8.92. The Morgan fingerprint density at radius 2 is 1.64 bits per heavy atom. The first-order chi connectivity index (χ1) is 16.0. The lowest BCUT2D eigenvalue weighted by atomic mass is 9.62. The lowest BCUT2D eigenvalue weighted by molar-refractivity contribution is -0.184. The highest BCUT2D eigenvalue weighted by molar-refractivity contribution is 9.10. The minimum atomic E-state index is 0.0106. The molecule has 0 aliphatic heterocycles. The molecule has 2 fully saturated rings. The molecule has 0 N–H and O–H groups in total. The molecule has 4 nitrogen and oxygen atoms in total. The average molecular weight is 520 g/mol. The molecule has 0 amide bonds. The topological polar surface area (TPSA) is 36.3 Å². The van der Waals surface area contributed by atoms with Crippen LogP contribution in [0.25, 0.3) is 11.0 Å². The molecule has 0 atom stereocenters. The fourth-order valence-corrected chi connectivity index (χ4v) is 6.40. The average Bonchev–Trinajstić information content (AvgIpc) is 3.15. The van der Waals surface area contributed by atoms with Crippen LogP contribution in [0, 0.1) is 18.3 Å². The number of ether oxygens (including phenoxy) is 2. The fourth-order valence-electron chi connectivity index (χ4n) is 6.07. The molecule has 4 rings (SSSR count). The van der Waals surface area contributed by atoms with Gasteiger partial charge in [-0.3, -0.25) is 0 Å². The van der Waals surface area contributed by atoms with Crippen LogP contribution in [0.15, 0.2) is 22.9 Å². The van der Waals surface area contributed by atoms with Crippen LogP contribution >= 0.6 is 15.9 Å². The van der Waals surface area contributed by atoms with Gasteiger partial charge in [-0.05, 0) is 104 Å². The Morgan fingerprint density at radius 3 is 2.24 bits per heavy atom. The molecule has 33 heavy (non-hydrogen) atoms. The number of halogens is 1. The van der Waals surface area contributed by atoms with Crippen molar-refractivity contribution in [1.82, 2.24) is 9.55 Å². The van der Waals surface area contributed by atoms with Gasteiger partial charge in [0.15, 0.2) is 6.29 Å². The lowest BCUT2D eigenvalue weighted by Crippen LogP contribution is -2.37. The molecule has 2 saturated carbocycles. The zero-order valence-corrected chi connectivity index (χ0v) is 22.5. The highest BCUT2D eigenvalue weighted by Gasteiger charge is 2.41. The van der Waals surface area contributed by atoms with E-state index in [1.165, 1.54) is 75.2 Å². The Bertz CT molecular complexity index is 867. The van der Waals surface area contributed by atoms with Crippen LogP contribution < -0.4 is 0 Å². The van der Waals surface area contributed by atoms with Crippen molar-refractivity contribution >= 4 is 27.0 Å². The molecule has 2 aliphatic rings. The largest absolute Gasteiger partial charge is 0.352 e. The second kappa shape index (κ2) is 11.7. The third-order valence-electron chi connectivity index (χ3n) is 8.28. The summed E-state index contributed by atoms with van der Waals surface area (Å²) in [4.78, 5) is 4.76. The molecule has 184 valence electrons. The summed E-state index contributed by atoms with van der Waals surface area (Å²) in [5.41, 5.74) is 3.02. The van der Waals surface area contributed by atoms with Gasteiger partial charge in [0.2, 0.25) is 0 Å². The van der Waals surface area contributed by atoms with Crippen LogP contribution in [0.2, 0.25) is 0 Å². The first-order valence-electron chi connectivity index (χ1n) is 13.4. The maximum absolute atomic E-state index is 6.23. The fraction of sp³-hybridized carbons (Fsp3) is 0.750. The zero-order chi connectivity index (χ0) is 23.3. The first-order valence-corrected chi connectivity index (χ1v) is 14.2. The van der Waals surface area contributed by atoms with Crippen LogP contribution in [-0.2, 0) is 9.47 Å². The number of fused-ring (bicyclic) bond motifs is 1. The summed E-state index contributed by atoms with van der Waals surface area (Å²) in [6, 6.07) is 2.79. The summed E-state index contributed by atoms with van der Waals surface area (Å²) in [6.07, 6.45) is 19.3. The molecule has 0 unspecified atom stereocenters. The summed E-state index contributed by atoms with van der Waals surface area (Å²) in [5, 5.41) is 1.28. The quantitative estimate of drug-likeness (QED) is 0.234. The number of unbranched alkanes of at least 4 members (excludes halogenated alkanes) is 2. The van der Waals surface area contributed by atoms with Crippen LogP contribution in [0.4, 0.5) is 0 Å². The molecule has 0 saturated heterocycles. The third-order valence-corrected chi connectivity index (χ3v) is 8.71. The van der Waals surface area contributed by atoms with E-state index in [9.17, 15) is 0 Å². The van der Waals surface area contributed by atoms with Crippen molar-refractivity contribution in [1.29, 1.82) is 0 Å². The molecule has 5 heteroatoms. The van der Waals surface area contributed by atoms with Gasteiger partial charge in [0.25, 0.3) is 0 Å². The van der Waals surface area contributed by atoms with E-state index in [2.05, 4.69) is 53.5 Å². The standard InChI is InChI=1S/C28H43BrN2O2/c1-4-6-16-32-27(33-17-7-5-2)22-8-12-28(13-9-22)14-10-24(11-15-28)31-20-21(3)25-18-23(29)19-30-26(25)31/h18-20,22,24,27H,4-17H2,1-3H3. The predicted octanol–water partition coefficient (Wildman–Crippen LogP) is 8.36. The van der Waals surface area contributed by atoms with E-state index in [-0.39, 0.29) is 6.29 Å². The maximum Gasteiger partial charge on any atom is 0.160 e. The number of aromatic nitrogens is 2. The second-order valence-corrected chi connectivity index (χ2v) is 11.5. The van der Waals surface area contributed by atoms with Crippen molar-refractivity contribution in [3.05, 3.63) is 28.5 Å². The van der Waals surface area contributed by atoms with Gasteiger partial charge in [0.1, 0.15) is 5.65 Å². The molecule has 2 aromatic rings. The second-order valence-electron chi connectivity index (χ2n) is 10.6. The summed E-state index contributed by atoms with van der Waals surface area (Å²) in [7, 11) is 0. The van der Waals surface area contributed by atoms with E-state index in [4.69, 9.17) is 14.5 Å². The van der Waals surface area contributed by atoms with Crippen molar-refractivity contribution < 1.29 is 9.47 Å². The van der Waals surface area contributed by atoms with Gasteiger partial charge in [-0.15, -0.1) is 0 Å². The van der Waals surface area contributed by atoms with E-state index in [1.807, 2.05) is 6.20 Å². The van der Waals surface area contributed by atoms with E-state index in [1.54, 1.807) is 0 Å². The number of nitrogens with zero attached hydrogens (tertiary/aromatic N) is 2. The van der Waals surface area contributed by atoms with Gasteiger partial charge in [0, 0.05) is 47.4 Å². The molecule has 0 bridgehead atoms. The highest BCUT2D eigenvalue weighted by Crippen LogP contribution is 2.52. The van der Waals surface area contributed by atoms with E-state index in [0.717, 1.165) is 36.2 Å². The Balaban J connectivity index is 1.33. The number of hydrogen-bond donors (Lipinski definition) is 0. The Labute approximate surface area is 208 Å². The maximum atomic E-state index is 6.23. The summed E-state index contributed by atoms with van der Waals surface area (Å²) in [5.74, 6) is 0.570. The Morgan fingerprint density at radius 1 is 1.03 bits per heavy atom. The van der Waals surface area contributed by atoms with Gasteiger partial charge in [-0.1, -0.05) is 26.7 Å². The molecule has 0 radical (unpaired) electrons. The van der Waals surface area contributed by atoms with Crippen LogP contribution in [0.5, 0.6) is 0 Å². The van der Waals surface area contributed by atoms with Crippen molar-refractivity contribution in [3.63, 3.8) is 0 Å². The van der Waals surface area contributed by atoms with Gasteiger partial charge >= 0.3 is 0 Å². The predicted molar refractivity (Wildman–Crippen MR) is 140 cm³/mol. The lowest BCUT2D eigenvalue weighted by Gasteiger charge is -2.46. The summed E-state index contributed by atoms with van der Waals surface area (Å²) >= 11 is 3.58. The third kappa shape index (κ3) is 6.02. The zero-order valence-electron chi connectivity index (χ0n) is 21.0. The molecule has 2 aliphatic carbocycles. The van der Waals surface area contributed by atoms with Crippen LogP contribution in [-0.4, -0.2) is 29.1 Å². The number of pyridine rings is 1. The minimum Gasteiger partial charge on any atom is -0.352 e. The number of aryl methyl sites for hydroxylation is 1. The Hall–Kier alpha value is -0.910. The van der Waals surface area contributed by atoms with Crippen molar-refractivity contribution in [2.45, 2.75) is 110 Å². The van der Waals surface area contributed by atoms with Crippen molar-refractivity contribution in [2.75, 3.05) is 13.2 Å². The number of rotatable bonds is 10. The summed E-state index contributed by atoms with van der Waals surface area (Å²) < 4.78 is 16.0. The smallest absolute Gasteiger partial charge is 0.160 e. The van der Waals surface area contributed by atoms with E-state index in [0.29, 0.717) is 17.4 Å². The molecular weight excluding hydrogens is 476 g/mol. The van der Waals surface area contributed by atoms with Gasteiger partial charge < -0.3 is 14.0 Å². The van der Waals surface area contributed by atoms with Gasteiger partial charge in [0.05, 0.1) is 0 Å². The van der Waals surface area contributed by atoms with Gasteiger partial charge in [-0.25, -0.2) is 4.98 Å². The van der Waals surface area contributed by atoms with E-state index >= 15 is 0 Å². The van der Waals surface area contributed by atoms with Crippen LogP contribution in [0.3, 0.4) is 0 Å². The molecule has 2 aromatic heterocycles. The normalized spacial score (nSPS) is 26.0. The summed E-state index contributed by atoms with van der Waals surface area (Å²) in [6.45, 7) is 8.34. The minimum absolute atomic E-state index is 0.0106. The molecule has 1 spiro atoms. The van der Waals surface area contributed by atoms with Crippen molar-refractivity contribution in [3.8, 4) is 0 Å². The van der Waals surface area contributed by atoms with Crippen LogP contribution in [0.1, 0.15) is 103 Å². The van der Waals surface area contributed by atoms with Gasteiger partial charge in [-0.2, -0.15) is 0 Å². The monoisotopic (exact) mass is 518 g/mol. The molecule has 0 aromatic carbocycles. The van der Waals surface area contributed by atoms with Crippen molar-refractivity contribution in [2.24, 2.45) is 11.3 Å². The number of hydrogen-bond acceptors (Lipinski definition) is 3. The van der Waals surface area contributed by atoms with E-state index < -0.39 is 0 Å². The molecular formula is C28H43BrN2O2. The molecule has 2 heterocycles. The SMILES string of the molecule is CCCCOC(OCCCC)C1CCC2(CC1)CCC(n1cc(C)c3cc(Br)cnc31)CC2.